The number of carbonyl (C=O) groups is 2. The molecule has 0 bridgehead atoms. The van der Waals surface area contributed by atoms with Crippen LogP contribution >= 0.6 is 0 Å². The van der Waals surface area contributed by atoms with E-state index >= 15 is 0 Å². The van der Waals surface area contributed by atoms with Crippen molar-refractivity contribution in [2.24, 2.45) is 5.41 Å². The highest BCUT2D eigenvalue weighted by atomic mass is 16.6. The summed E-state index contributed by atoms with van der Waals surface area (Å²) in [5.41, 5.74) is 2.69. The Hall–Kier alpha value is -4.18. The van der Waals surface area contributed by atoms with Gasteiger partial charge < -0.3 is 15.0 Å². The van der Waals surface area contributed by atoms with Gasteiger partial charge in [-0.25, -0.2) is 4.79 Å². The molecule has 1 saturated carbocycles. The smallest absolute Gasteiger partial charge is 0.411 e. The van der Waals surface area contributed by atoms with Gasteiger partial charge in [0.15, 0.2) is 0 Å². The third kappa shape index (κ3) is 5.80. The van der Waals surface area contributed by atoms with E-state index in [1.165, 1.54) is 0 Å². The number of benzene rings is 2. The third-order valence-electron chi connectivity index (χ3n) is 7.70. The summed E-state index contributed by atoms with van der Waals surface area (Å²) in [7, 11) is 0. The molecule has 0 unspecified atom stereocenters. The number of nitrogens with one attached hydrogen (secondary N) is 1. The monoisotopic (exact) mass is 522 g/mol. The molecule has 5 rings (SSSR count). The van der Waals surface area contributed by atoms with Crippen LogP contribution in [-0.4, -0.2) is 34.5 Å². The lowest BCUT2D eigenvalue weighted by Gasteiger charge is -2.45. The Labute approximate surface area is 229 Å². The maximum Gasteiger partial charge on any atom is 0.411 e. The van der Waals surface area contributed by atoms with E-state index in [0.717, 1.165) is 35.2 Å². The number of hydrogen-bond donors (Lipinski definition) is 1. The van der Waals surface area contributed by atoms with Crippen molar-refractivity contribution in [2.45, 2.75) is 64.1 Å². The minimum absolute atomic E-state index is 0.0818. The van der Waals surface area contributed by atoms with E-state index < -0.39 is 11.0 Å². The van der Waals surface area contributed by atoms with Crippen molar-refractivity contribution in [3.63, 3.8) is 0 Å². The number of rotatable bonds is 8. The zero-order valence-electron chi connectivity index (χ0n) is 22.7. The van der Waals surface area contributed by atoms with Gasteiger partial charge in [0, 0.05) is 37.2 Å². The minimum atomic E-state index is -0.842. The largest absolute Gasteiger partial charge is 0.438 e. The van der Waals surface area contributed by atoms with Crippen molar-refractivity contribution in [3.8, 4) is 17.3 Å². The van der Waals surface area contributed by atoms with E-state index in [2.05, 4.69) is 16.4 Å². The molecule has 1 aliphatic carbocycles. The van der Waals surface area contributed by atoms with Crippen LogP contribution < -0.4 is 5.32 Å². The molecule has 7 nitrogen and oxygen atoms in total. The van der Waals surface area contributed by atoms with Gasteiger partial charge in [-0.05, 0) is 56.9 Å². The summed E-state index contributed by atoms with van der Waals surface area (Å²) in [6.45, 7) is 6.28. The molecule has 1 aliphatic heterocycles. The highest BCUT2D eigenvalue weighted by molar-refractivity contribution is 5.94. The fourth-order valence-corrected chi connectivity index (χ4v) is 5.25. The molecule has 7 heteroatoms. The SMILES string of the molecule is C[C@@H](c1ccc(-c2ccc(C(=O)NC3CC3)cn2)cc1)N1CC[C@](CC(C)(C)C#N)(c2ccccc2)OC1=O. The molecule has 2 atom stereocenters. The zero-order valence-corrected chi connectivity index (χ0v) is 22.7. The van der Waals surface area contributed by atoms with E-state index in [-0.39, 0.29) is 18.0 Å². The Morgan fingerprint density at radius 3 is 2.46 bits per heavy atom. The molecule has 2 amide bonds. The molecule has 2 heterocycles. The summed E-state index contributed by atoms with van der Waals surface area (Å²) < 4.78 is 6.20. The molecule has 2 fully saturated rings. The van der Waals surface area contributed by atoms with E-state index in [4.69, 9.17) is 4.74 Å². The summed E-state index contributed by atoms with van der Waals surface area (Å²) >= 11 is 0. The normalized spacial score (nSPS) is 20.1. The van der Waals surface area contributed by atoms with Gasteiger partial charge in [0.2, 0.25) is 0 Å². The number of amides is 2. The van der Waals surface area contributed by atoms with Crippen LogP contribution in [0.15, 0.2) is 72.9 Å². The lowest BCUT2D eigenvalue weighted by Crippen LogP contribution is -2.50. The highest BCUT2D eigenvalue weighted by Gasteiger charge is 2.46. The van der Waals surface area contributed by atoms with Crippen molar-refractivity contribution in [1.29, 1.82) is 5.26 Å². The van der Waals surface area contributed by atoms with Crippen LogP contribution in [0.1, 0.15) is 74.0 Å². The van der Waals surface area contributed by atoms with Gasteiger partial charge in [0.1, 0.15) is 5.60 Å². The standard InChI is InChI=1S/C32H34N4O3/c1-22(23-9-11-24(12-10-23)28-16-13-25(19-34-28)29(37)35-27-14-15-27)36-18-17-32(39-30(36)38,20-31(2,3)21-33)26-7-5-4-6-8-26/h4-13,16,19,22,27H,14-15,17-18,20H2,1-3H3,(H,35,37)/t22-,32-/m0/s1. The maximum absolute atomic E-state index is 13.4. The summed E-state index contributed by atoms with van der Waals surface area (Å²) in [5.74, 6) is -0.0818. The van der Waals surface area contributed by atoms with Crippen molar-refractivity contribution in [2.75, 3.05) is 6.54 Å². The second-order valence-electron chi connectivity index (χ2n) is 11.3. The second kappa shape index (κ2) is 10.5. The Kier molecular flexibility index (Phi) is 7.14. The summed E-state index contributed by atoms with van der Waals surface area (Å²) in [4.78, 5) is 31.9. The highest BCUT2D eigenvalue weighted by Crippen LogP contribution is 2.44. The molecule has 0 spiro atoms. The van der Waals surface area contributed by atoms with Gasteiger partial charge in [-0.15, -0.1) is 0 Å². The first-order chi connectivity index (χ1) is 18.7. The van der Waals surface area contributed by atoms with Gasteiger partial charge >= 0.3 is 6.09 Å². The van der Waals surface area contributed by atoms with Crippen LogP contribution in [0.4, 0.5) is 4.79 Å². The molecule has 2 aromatic carbocycles. The van der Waals surface area contributed by atoms with Crippen LogP contribution in [0.5, 0.6) is 0 Å². The number of hydrogen-bond acceptors (Lipinski definition) is 5. The molecular weight excluding hydrogens is 488 g/mol. The quantitative estimate of drug-likeness (QED) is 0.370. The molecule has 2 aliphatic rings. The molecule has 1 N–H and O–H groups in total. The average molecular weight is 523 g/mol. The molecule has 1 saturated heterocycles. The van der Waals surface area contributed by atoms with Gasteiger partial charge in [-0.1, -0.05) is 54.6 Å². The van der Waals surface area contributed by atoms with Gasteiger partial charge in [0.05, 0.1) is 28.8 Å². The van der Waals surface area contributed by atoms with Crippen molar-refractivity contribution in [3.05, 3.63) is 89.6 Å². The minimum Gasteiger partial charge on any atom is -0.438 e. The fraction of sp³-hybridized carbons (Fsp3) is 0.375. The Balaban J connectivity index is 1.28. The number of pyridine rings is 1. The molecule has 1 aromatic heterocycles. The zero-order chi connectivity index (χ0) is 27.6. The lowest BCUT2D eigenvalue weighted by molar-refractivity contribution is -0.0770. The number of aromatic nitrogens is 1. The van der Waals surface area contributed by atoms with Crippen LogP contribution in [-0.2, 0) is 10.3 Å². The molecular formula is C32H34N4O3. The molecule has 39 heavy (non-hydrogen) atoms. The number of ether oxygens (including phenoxy) is 1. The summed E-state index contributed by atoms with van der Waals surface area (Å²) in [6.07, 6.45) is 4.35. The van der Waals surface area contributed by atoms with Crippen LogP contribution in [0.25, 0.3) is 11.3 Å². The van der Waals surface area contributed by atoms with Gasteiger partial charge in [0.25, 0.3) is 5.91 Å². The number of nitriles is 1. The van der Waals surface area contributed by atoms with E-state index in [1.54, 1.807) is 17.2 Å². The molecule has 200 valence electrons. The van der Waals surface area contributed by atoms with Gasteiger partial charge in [-0.2, -0.15) is 5.26 Å². The molecule has 0 radical (unpaired) electrons. The predicted molar refractivity (Wildman–Crippen MR) is 149 cm³/mol. The number of nitrogens with zero attached hydrogens (tertiary/aromatic N) is 3. The van der Waals surface area contributed by atoms with Crippen LogP contribution in [0.3, 0.4) is 0 Å². The van der Waals surface area contributed by atoms with E-state index in [1.807, 2.05) is 81.4 Å². The average Bonchev–Trinajstić information content (AvgIpc) is 3.77. The van der Waals surface area contributed by atoms with Crippen molar-refractivity contribution < 1.29 is 14.3 Å². The first-order valence-electron chi connectivity index (χ1n) is 13.5. The maximum atomic E-state index is 13.4. The Bertz CT molecular complexity index is 1380. The lowest BCUT2D eigenvalue weighted by atomic mass is 9.75. The van der Waals surface area contributed by atoms with Gasteiger partial charge in [-0.3, -0.25) is 9.78 Å². The van der Waals surface area contributed by atoms with Crippen molar-refractivity contribution >= 4 is 12.0 Å². The summed E-state index contributed by atoms with van der Waals surface area (Å²) in [5, 5.41) is 12.7. The van der Waals surface area contributed by atoms with Crippen molar-refractivity contribution in [1.82, 2.24) is 15.2 Å². The van der Waals surface area contributed by atoms with E-state index in [9.17, 15) is 14.9 Å². The topological polar surface area (TPSA) is 95.3 Å². The molecule has 3 aromatic rings. The first kappa shape index (κ1) is 26.4. The van der Waals surface area contributed by atoms with E-state index in [0.29, 0.717) is 31.0 Å². The first-order valence-corrected chi connectivity index (χ1v) is 13.5. The fourth-order valence-electron chi connectivity index (χ4n) is 5.25. The summed E-state index contributed by atoms with van der Waals surface area (Å²) in [6, 6.07) is 23.9. The second-order valence-corrected chi connectivity index (χ2v) is 11.3. The van der Waals surface area contributed by atoms with Crippen LogP contribution in [0.2, 0.25) is 0 Å². The predicted octanol–water partition coefficient (Wildman–Crippen LogP) is 6.38. The Morgan fingerprint density at radius 2 is 1.87 bits per heavy atom. The van der Waals surface area contributed by atoms with Crippen LogP contribution in [0, 0.1) is 16.7 Å². The Morgan fingerprint density at radius 1 is 1.15 bits per heavy atom. The third-order valence-corrected chi connectivity index (χ3v) is 7.70. The number of carbonyl (C=O) groups excluding carboxylic acids is 2. The number of cyclic esters (lactones) is 1.